The lowest BCUT2D eigenvalue weighted by molar-refractivity contribution is 0.290. The van der Waals surface area contributed by atoms with Crippen LogP contribution in [0.3, 0.4) is 0 Å². The predicted molar refractivity (Wildman–Crippen MR) is 67.6 cm³/mol. The van der Waals surface area contributed by atoms with Crippen LogP contribution in [0.15, 0.2) is 28.7 Å². The van der Waals surface area contributed by atoms with Crippen LogP contribution >= 0.6 is 11.6 Å². The Labute approximate surface area is 100 Å². The van der Waals surface area contributed by atoms with Crippen molar-refractivity contribution in [2.45, 2.75) is 26.8 Å². The maximum absolute atomic E-state index is 6.15. The molecule has 1 aromatic carbocycles. The number of benzene rings is 1. The fraction of sp³-hybridized carbons (Fsp3) is 0.385. The SMILES string of the molecule is CC(C)(C)C(N)c1cc2cccc(Cl)c2o1. The zero-order chi connectivity index (χ0) is 11.9. The number of nitrogens with two attached hydrogens (primary N) is 1. The van der Waals surface area contributed by atoms with Crippen LogP contribution in [0.25, 0.3) is 11.0 Å². The molecule has 0 spiro atoms. The van der Waals surface area contributed by atoms with Gasteiger partial charge < -0.3 is 10.2 Å². The molecule has 0 aliphatic carbocycles. The molecule has 0 amide bonds. The van der Waals surface area contributed by atoms with Gasteiger partial charge in [-0.3, -0.25) is 0 Å². The van der Waals surface area contributed by atoms with Crippen molar-refractivity contribution >= 4 is 22.6 Å². The fourth-order valence-corrected chi connectivity index (χ4v) is 1.85. The van der Waals surface area contributed by atoms with E-state index >= 15 is 0 Å². The average molecular weight is 238 g/mol. The van der Waals surface area contributed by atoms with Gasteiger partial charge in [-0.15, -0.1) is 0 Å². The Morgan fingerprint density at radius 2 is 2.00 bits per heavy atom. The summed E-state index contributed by atoms with van der Waals surface area (Å²) in [6.45, 7) is 6.27. The number of furan rings is 1. The molecule has 16 heavy (non-hydrogen) atoms. The lowest BCUT2D eigenvalue weighted by Gasteiger charge is -2.24. The van der Waals surface area contributed by atoms with Gasteiger partial charge in [0.25, 0.3) is 0 Å². The Bertz CT molecular complexity index is 510. The Morgan fingerprint density at radius 1 is 1.31 bits per heavy atom. The first-order valence-electron chi connectivity index (χ1n) is 5.33. The van der Waals surface area contributed by atoms with Gasteiger partial charge in [-0.2, -0.15) is 0 Å². The van der Waals surface area contributed by atoms with E-state index in [-0.39, 0.29) is 11.5 Å². The molecule has 1 aromatic heterocycles. The summed E-state index contributed by atoms with van der Waals surface area (Å²) in [6, 6.07) is 7.54. The van der Waals surface area contributed by atoms with Crippen molar-refractivity contribution in [3.63, 3.8) is 0 Å². The van der Waals surface area contributed by atoms with E-state index in [9.17, 15) is 0 Å². The highest BCUT2D eigenvalue weighted by atomic mass is 35.5. The van der Waals surface area contributed by atoms with Crippen LogP contribution in [0, 0.1) is 5.41 Å². The molecule has 1 atom stereocenters. The van der Waals surface area contributed by atoms with Crippen molar-refractivity contribution in [2.75, 3.05) is 0 Å². The molecule has 2 nitrogen and oxygen atoms in total. The molecule has 0 saturated carbocycles. The molecule has 0 fully saturated rings. The van der Waals surface area contributed by atoms with E-state index in [1.807, 2.05) is 24.3 Å². The minimum absolute atomic E-state index is 0.0274. The molecule has 0 bridgehead atoms. The first-order valence-corrected chi connectivity index (χ1v) is 5.71. The third-order valence-corrected chi connectivity index (χ3v) is 3.05. The van der Waals surface area contributed by atoms with Crippen LogP contribution in [-0.2, 0) is 0 Å². The van der Waals surface area contributed by atoms with E-state index in [2.05, 4.69) is 20.8 Å². The van der Waals surface area contributed by atoms with Crippen molar-refractivity contribution in [3.8, 4) is 0 Å². The van der Waals surface area contributed by atoms with E-state index in [1.165, 1.54) is 0 Å². The van der Waals surface area contributed by atoms with Crippen LogP contribution in [0.5, 0.6) is 0 Å². The number of halogens is 1. The van der Waals surface area contributed by atoms with Gasteiger partial charge in [0.05, 0.1) is 11.1 Å². The van der Waals surface area contributed by atoms with Gasteiger partial charge >= 0.3 is 0 Å². The minimum Gasteiger partial charge on any atom is -0.458 e. The highest BCUT2D eigenvalue weighted by Gasteiger charge is 2.25. The Hall–Kier alpha value is -0.990. The molecule has 0 saturated heterocycles. The highest BCUT2D eigenvalue weighted by molar-refractivity contribution is 6.34. The van der Waals surface area contributed by atoms with Crippen LogP contribution in [0.1, 0.15) is 32.6 Å². The van der Waals surface area contributed by atoms with Crippen molar-refractivity contribution < 1.29 is 4.42 Å². The zero-order valence-electron chi connectivity index (χ0n) is 9.75. The molecule has 3 heteroatoms. The summed E-state index contributed by atoms with van der Waals surface area (Å²) in [5.74, 6) is 0.788. The summed E-state index contributed by atoms with van der Waals surface area (Å²) >= 11 is 6.05. The second-order valence-corrected chi connectivity index (χ2v) is 5.56. The average Bonchev–Trinajstić information content (AvgIpc) is 2.60. The second-order valence-electron chi connectivity index (χ2n) is 5.15. The Morgan fingerprint density at radius 3 is 2.56 bits per heavy atom. The first-order chi connectivity index (χ1) is 7.39. The smallest absolute Gasteiger partial charge is 0.152 e. The van der Waals surface area contributed by atoms with Gasteiger partial charge in [-0.05, 0) is 17.5 Å². The molecule has 2 rings (SSSR count). The van der Waals surface area contributed by atoms with Crippen LogP contribution in [0.4, 0.5) is 0 Å². The number of hydrogen-bond donors (Lipinski definition) is 1. The van der Waals surface area contributed by atoms with Crippen LogP contribution < -0.4 is 5.73 Å². The third kappa shape index (κ3) is 1.95. The maximum Gasteiger partial charge on any atom is 0.152 e. The van der Waals surface area contributed by atoms with Crippen molar-refractivity contribution in [2.24, 2.45) is 11.1 Å². The summed E-state index contributed by atoms with van der Waals surface area (Å²) in [4.78, 5) is 0. The van der Waals surface area contributed by atoms with Crippen molar-refractivity contribution in [3.05, 3.63) is 35.0 Å². The number of fused-ring (bicyclic) bond motifs is 1. The molecule has 0 radical (unpaired) electrons. The maximum atomic E-state index is 6.15. The van der Waals surface area contributed by atoms with Crippen molar-refractivity contribution in [1.29, 1.82) is 0 Å². The largest absolute Gasteiger partial charge is 0.458 e. The lowest BCUT2D eigenvalue weighted by Crippen LogP contribution is -2.25. The predicted octanol–water partition coefficient (Wildman–Crippen LogP) is 4.13. The quantitative estimate of drug-likeness (QED) is 0.810. The van der Waals surface area contributed by atoms with Gasteiger partial charge in [0.15, 0.2) is 5.58 Å². The summed E-state index contributed by atoms with van der Waals surface area (Å²) in [7, 11) is 0. The second kappa shape index (κ2) is 3.79. The van der Waals surface area contributed by atoms with E-state index in [4.69, 9.17) is 21.8 Å². The van der Waals surface area contributed by atoms with Gasteiger partial charge in [0.1, 0.15) is 5.76 Å². The van der Waals surface area contributed by atoms with Crippen LogP contribution in [0.2, 0.25) is 5.02 Å². The topological polar surface area (TPSA) is 39.2 Å². The molecule has 1 heterocycles. The van der Waals surface area contributed by atoms with Crippen LogP contribution in [-0.4, -0.2) is 0 Å². The monoisotopic (exact) mass is 237 g/mol. The highest BCUT2D eigenvalue weighted by Crippen LogP contribution is 2.35. The Kier molecular flexibility index (Phi) is 2.72. The molecule has 86 valence electrons. The number of para-hydroxylation sites is 1. The molecular weight excluding hydrogens is 222 g/mol. The molecule has 0 aliphatic heterocycles. The van der Waals surface area contributed by atoms with Crippen molar-refractivity contribution in [1.82, 2.24) is 0 Å². The zero-order valence-corrected chi connectivity index (χ0v) is 10.5. The van der Waals surface area contributed by atoms with E-state index in [0.717, 1.165) is 16.7 Å². The molecular formula is C13H16ClNO. The number of hydrogen-bond acceptors (Lipinski definition) is 2. The summed E-state index contributed by atoms with van der Waals surface area (Å²) in [6.07, 6.45) is 0. The molecule has 2 aromatic rings. The lowest BCUT2D eigenvalue weighted by atomic mass is 9.86. The molecule has 0 aliphatic rings. The molecule has 2 N–H and O–H groups in total. The summed E-state index contributed by atoms with van der Waals surface area (Å²) in [5.41, 5.74) is 6.84. The van der Waals surface area contributed by atoms with E-state index < -0.39 is 0 Å². The van der Waals surface area contributed by atoms with Gasteiger partial charge in [0, 0.05) is 5.39 Å². The van der Waals surface area contributed by atoms with Gasteiger partial charge in [-0.25, -0.2) is 0 Å². The fourth-order valence-electron chi connectivity index (χ4n) is 1.63. The minimum atomic E-state index is -0.129. The van der Waals surface area contributed by atoms with Gasteiger partial charge in [-0.1, -0.05) is 44.5 Å². The van der Waals surface area contributed by atoms with E-state index in [0.29, 0.717) is 5.02 Å². The first kappa shape index (κ1) is 11.5. The Balaban J connectivity index is 2.52. The standard InChI is InChI=1S/C13H16ClNO/c1-13(2,3)12(15)10-7-8-5-4-6-9(14)11(8)16-10/h4-7,12H,15H2,1-3H3. The normalized spacial score (nSPS) is 14.3. The van der Waals surface area contributed by atoms with Gasteiger partial charge in [0.2, 0.25) is 0 Å². The number of rotatable bonds is 1. The third-order valence-electron chi connectivity index (χ3n) is 2.75. The summed E-state index contributed by atoms with van der Waals surface area (Å²) < 4.78 is 5.73. The molecule has 1 unspecified atom stereocenters. The summed E-state index contributed by atoms with van der Waals surface area (Å²) in [5, 5.41) is 1.63. The van der Waals surface area contributed by atoms with E-state index in [1.54, 1.807) is 0 Å².